The number of nitrogens with zero attached hydrogens (tertiary/aromatic N) is 1. The van der Waals surface area contributed by atoms with E-state index in [9.17, 15) is 9.59 Å². The maximum Gasteiger partial charge on any atom is 0.227 e. The maximum atomic E-state index is 12.4. The summed E-state index contributed by atoms with van der Waals surface area (Å²) in [5.74, 6) is 0.439. The Morgan fingerprint density at radius 2 is 1.96 bits per heavy atom. The highest BCUT2D eigenvalue weighted by atomic mass is 35.5. The lowest BCUT2D eigenvalue weighted by Gasteiger charge is -2.22. The van der Waals surface area contributed by atoms with Crippen molar-refractivity contribution in [3.05, 3.63) is 29.8 Å². The molecular formula is C18H26ClN3O2. The Morgan fingerprint density at radius 1 is 1.21 bits per heavy atom. The van der Waals surface area contributed by atoms with Crippen molar-refractivity contribution >= 4 is 29.9 Å². The molecule has 0 aliphatic carbocycles. The van der Waals surface area contributed by atoms with Crippen LogP contribution in [0.3, 0.4) is 0 Å². The highest BCUT2D eigenvalue weighted by Gasteiger charge is 2.24. The van der Waals surface area contributed by atoms with Gasteiger partial charge >= 0.3 is 0 Å². The van der Waals surface area contributed by atoms with Crippen LogP contribution in [-0.2, 0) is 16.0 Å². The smallest absolute Gasteiger partial charge is 0.227 e. The number of hydrogen-bond donors (Lipinski definition) is 2. The molecule has 0 bridgehead atoms. The summed E-state index contributed by atoms with van der Waals surface area (Å²) in [5.41, 5.74) is 2.30. The second-order valence-corrected chi connectivity index (χ2v) is 6.34. The van der Waals surface area contributed by atoms with Crippen molar-refractivity contribution in [3.8, 4) is 0 Å². The first kappa shape index (κ1) is 18.7. The van der Waals surface area contributed by atoms with E-state index in [1.165, 1.54) is 5.56 Å². The van der Waals surface area contributed by atoms with Crippen molar-refractivity contribution < 1.29 is 9.59 Å². The van der Waals surface area contributed by atoms with Crippen LogP contribution < -0.4 is 15.5 Å². The van der Waals surface area contributed by atoms with Gasteiger partial charge in [-0.3, -0.25) is 9.59 Å². The number of halogens is 1. The first-order valence-electron chi connectivity index (χ1n) is 8.62. The molecule has 2 amide bonds. The summed E-state index contributed by atoms with van der Waals surface area (Å²) in [7, 11) is 0. The van der Waals surface area contributed by atoms with Crippen LogP contribution in [0.5, 0.6) is 0 Å². The molecule has 2 N–H and O–H groups in total. The average molecular weight is 352 g/mol. The molecule has 1 fully saturated rings. The van der Waals surface area contributed by atoms with Crippen LogP contribution in [0.25, 0.3) is 0 Å². The van der Waals surface area contributed by atoms with Crippen molar-refractivity contribution in [2.24, 2.45) is 5.92 Å². The normalized spacial score (nSPS) is 17.1. The molecule has 0 aromatic heterocycles. The van der Waals surface area contributed by atoms with Gasteiger partial charge < -0.3 is 15.5 Å². The van der Waals surface area contributed by atoms with Gasteiger partial charge in [0, 0.05) is 31.1 Å². The summed E-state index contributed by atoms with van der Waals surface area (Å²) >= 11 is 0. The van der Waals surface area contributed by atoms with Crippen LogP contribution in [0.2, 0.25) is 0 Å². The average Bonchev–Trinajstić information content (AvgIpc) is 3.03. The number of carbonyl (C=O) groups excluding carboxylic acids is 2. The van der Waals surface area contributed by atoms with Gasteiger partial charge in [0.1, 0.15) is 0 Å². The predicted octanol–water partition coefficient (Wildman–Crippen LogP) is 1.89. The summed E-state index contributed by atoms with van der Waals surface area (Å²) < 4.78 is 0. The van der Waals surface area contributed by atoms with Gasteiger partial charge in [-0.25, -0.2) is 0 Å². The number of benzene rings is 1. The van der Waals surface area contributed by atoms with Crippen molar-refractivity contribution in [2.45, 2.75) is 32.1 Å². The zero-order chi connectivity index (χ0) is 16.1. The molecule has 2 heterocycles. The van der Waals surface area contributed by atoms with Crippen molar-refractivity contribution in [1.29, 1.82) is 0 Å². The second kappa shape index (κ2) is 9.04. The zero-order valence-corrected chi connectivity index (χ0v) is 14.7. The minimum Gasteiger partial charge on any atom is -0.356 e. The zero-order valence-electron chi connectivity index (χ0n) is 13.9. The number of rotatable bonds is 5. The van der Waals surface area contributed by atoms with E-state index in [4.69, 9.17) is 0 Å². The number of amides is 2. The fourth-order valence-electron chi connectivity index (χ4n) is 3.41. The largest absolute Gasteiger partial charge is 0.356 e. The van der Waals surface area contributed by atoms with Crippen LogP contribution in [0.4, 0.5) is 5.69 Å². The summed E-state index contributed by atoms with van der Waals surface area (Å²) in [6.45, 7) is 3.21. The highest BCUT2D eigenvalue weighted by molar-refractivity contribution is 5.95. The monoisotopic (exact) mass is 351 g/mol. The van der Waals surface area contributed by atoms with Gasteiger partial charge in [-0.1, -0.05) is 18.2 Å². The molecule has 5 nitrogen and oxygen atoms in total. The predicted molar refractivity (Wildman–Crippen MR) is 97.6 cm³/mol. The van der Waals surface area contributed by atoms with E-state index < -0.39 is 0 Å². The third-order valence-corrected chi connectivity index (χ3v) is 4.76. The van der Waals surface area contributed by atoms with Gasteiger partial charge in [0.15, 0.2) is 0 Å². The second-order valence-electron chi connectivity index (χ2n) is 6.34. The van der Waals surface area contributed by atoms with E-state index in [2.05, 4.69) is 16.7 Å². The summed E-state index contributed by atoms with van der Waals surface area (Å²) in [5, 5.41) is 6.24. The van der Waals surface area contributed by atoms with Crippen molar-refractivity contribution in [3.63, 3.8) is 0 Å². The Morgan fingerprint density at radius 3 is 2.75 bits per heavy atom. The third kappa shape index (κ3) is 4.48. The quantitative estimate of drug-likeness (QED) is 0.796. The van der Waals surface area contributed by atoms with Gasteiger partial charge in [-0.15, -0.1) is 12.4 Å². The molecule has 0 radical (unpaired) electrons. The fraction of sp³-hybridized carbons (Fsp3) is 0.556. The lowest BCUT2D eigenvalue weighted by molar-refractivity contribution is -0.126. The molecule has 0 unspecified atom stereocenters. The van der Waals surface area contributed by atoms with Crippen LogP contribution >= 0.6 is 12.4 Å². The number of fused-ring (bicyclic) bond motifs is 1. The molecule has 1 aromatic carbocycles. The molecule has 2 aliphatic heterocycles. The molecule has 132 valence electrons. The number of nitrogens with one attached hydrogen (secondary N) is 2. The van der Waals surface area contributed by atoms with Gasteiger partial charge in [-0.2, -0.15) is 0 Å². The molecule has 0 spiro atoms. The highest BCUT2D eigenvalue weighted by Crippen LogP contribution is 2.27. The lowest BCUT2D eigenvalue weighted by Crippen LogP contribution is -2.38. The van der Waals surface area contributed by atoms with Gasteiger partial charge in [0.05, 0.1) is 0 Å². The van der Waals surface area contributed by atoms with Crippen molar-refractivity contribution in [2.75, 3.05) is 31.1 Å². The molecule has 1 aromatic rings. The Hall–Kier alpha value is -1.59. The Labute approximate surface area is 149 Å². The summed E-state index contributed by atoms with van der Waals surface area (Å²) in [6.07, 6.45) is 3.95. The van der Waals surface area contributed by atoms with Gasteiger partial charge in [-0.05, 0) is 50.4 Å². The molecule has 0 atom stereocenters. The van der Waals surface area contributed by atoms with E-state index in [0.717, 1.165) is 44.6 Å². The number of piperidine rings is 1. The SMILES string of the molecule is Cl.O=C(NCCCC(=O)N1CCc2ccccc21)C1CCNCC1. The molecule has 1 saturated heterocycles. The lowest BCUT2D eigenvalue weighted by atomic mass is 9.97. The molecule has 0 saturated carbocycles. The third-order valence-electron chi connectivity index (χ3n) is 4.76. The molecule has 2 aliphatic rings. The van der Waals surface area contributed by atoms with E-state index >= 15 is 0 Å². The summed E-state index contributed by atoms with van der Waals surface area (Å²) in [6, 6.07) is 8.09. The van der Waals surface area contributed by atoms with Gasteiger partial charge in [0.25, 0.3) is 0 Å². The minimum absolute atomic E-state index is 0. The fourth-order valence-corrected chi connectivity index (χ4v) is 3.41. The van der Waals surface area contributed by atoms with Crippen LogP contribution in [0.1, 0.15) is 31.2 Å². The van der Waals surface area contributed by atoms with Crippen LogP contribution in [0, 0.1) is 5.92 Å². The first-order chi connectivity index (χ1) is 11.3. The van der Waals surface area contributed by atoms with Crippen LogP contribution in [-0.4, -0.2) is 38.0 Å². The molecule has 24 heavy (non-hydrogen) atoms. The molecule has 3 rings (SSSR count). The van der Waals surface area contributed by atoms with Gasteiger partial charge in [0.2, 0.25) is 11.8 Å². The van der Waals surface area contributed by atoms with Crippen molar-refractivity contribution in [1.82, 2.24) is 10.6 Å². The Kier molecular flexibility index (Phi) is 7.06. The number of hydrogen-bond acceptors (Lipinski definition) is 3. The minimum atomic E-state index is 0. The van der Waals surface area contributed by atoms with E-state index in [1.807, 2.05) is 23.1 Å². The van der Waals surface area contributed by atoms with Crippen LogP contribution in [0.15, 0.2) is 24.3 Å². The number of anilines is 1. The summed E-state index contributed by atoms with van der Waals surface area (Å²) in [4.78, 5) is 26.3. The molecular weight excluding hydrogens is 326 g/mol. The Bertz CT molecular complexity index is 573. The topological polar surface area (TPSA) is 61.4 Å². The maximum absolute atomic E-state index is 12.4. The first-order valence-corrected chi connectivity index (χ1v) is 8.62. The number of carbonyl (C=O) groups is 2. The Balaban J connectivity index is 0.00000208. The standard InChI is InChI=1S/C18H25N3O2.ClH/c22-17(21-13-9-14-4-1-2-5-16(14)21)6-3-10-20-18(23)15-7-11-19-12-8-15;/h1-2,4-5,15,19H,3,6-13H2,(H,20,23);1H. The van der Waals surface area contributed by atoms with E-state index in [1.54, 1.807) is 0 Å². The van der Waals surface area contributed by atoms with E-state index in [-0.39, 0.29) is 30.1 Å². The molecule has 6 heteroatoms. The number of para-hydroxylation sites is 1. The van der Waals surface area contributed by atoms with E-state index in [0.29, 0.717) is 19.4 Å².